The number of carbonyl (C=O) groups is 2. The average molecular weight is 366 g/mol. The predicted molar refractivity (Wildman–Crippen MR) is 91.1 cm³/mol. The van der Waals surface area contributed by atoms with E-state index in [0.717, 1.165) is 5.56 Å². The highest BCUT2D eigenvalue weighted by molar-refractivity contribution is 6.42. The molecule has 0 fully saturated rings. The smallest absolute Gasteiger partial charge is 0.335 e. The molecular formula is C17H13Cl2NO4. The maximum atomic E-state index is 12.5. The lowest BCUT2D eigenvalue weighted by atomic mass is 10.1. The first-order chi connectivity index (χ1) is 11.4. The van der Waals surface area contributed by atoms with Crippen molar-refractivity contribution >= 4 is 40.8 Å². The highest BCUT2D eigenvalue weighted by Gasteiger charge is 2.32. The fourth-order valence-electron chi connectivity index (χ4n) is 2.52. The van der Waals surface area contributed by atoms with Crippen LogP contribution in [0.4, 0.5) is 5.69 Å². The number of hydrogen-bond acceptors (Lipinski definition) is 3. The van der Waals surface area contributed by atoms with Crippen LogP contribution in [-0.4, -0.2) is 23.1 Å². The maximum absolute atomic E-state index is 12.5. The highest BCUT2D eigenvalue weighted by Crippen LogP contribution is 2.36. The first kappa shape index (κ1) is 16.6. The van der Waals surface area contributed by atoms with Gasteiger partial charge in [0.05, 0.1) is 27.8 Å². The van der Waals surface area contributed by atoms with E-state index >= 15 is 0 Å². The van der Waals surface area contributed by atoms with Gasteiger partial charge in [-0.15, -0.1) is 0 Å². The molecular weight excluding hydrogens is 353 g/mol. The number of halogens is 2. The third-order valence-corrected chi connectivity index (χ3v) is 4.48. The molecule has 0 bridgehead atoms. The quantitative estimate of drug-likeness (QED) is 0.892. The van der Waals surface area contributed by atoms with Crippen molar-refractivity contribution in [1.29, 1.82) is 0 Å². The summed E-state index contributed by atoms with van der Waals surface area (Å²) in [6.07, 6.45) is -0.657. The number of carboxylic acid groups (broad SMARTS) is 1. The number of benzene rings is 2. The number of amides is 1. The van der Waals surface area contributed by atoms with Crippen LogP contribution in [0.25, 0.3) is 0 Å². The zero-order chi connectivity index (χ0) is 17.4. The summed E-state index contributed by atoms with van der Waals surface area (Å²) in [4.78, 5) is 25.2. The van der Waals surface area contributed by atoms with Crippen LogP contribution in [0.2, 0.25) is 10.0 Å². The number of carboxylic acids is 1. The minimum atomic E-state index is -1.07. The number of ether oxygens (including phenoxy) is 1. The molecule has 1 heterocycles. The highest BCUT2D eigenvalue weighted by atomic mass is 35.5. The van der Waals surface area contributed by atoms with E-state index in [0.29, 0.717) is 21.5 Å². The summed E-state index contributed by atoms with van der Waals surface area (Å²) >= 11 is 11.9. The lowest BCUT2D eigenvalue weighted by Crippen LogP contribution is -2.44. The van der Waals surface area contributed by atoms with E-state index in [1.54, 1.807) is 31.2 Å². The lowest BCUT2D eigenvalue weighted by Gasteiger charge is -2.33. The number of aromatic carboxylic acids is 1. The Labute approximate surface area is 148 Å². The van der Waals surface area contributed by atoms with Crippen LogP contribution in [0.15, 0.2) is 36.4 Å². The topological polar surface area (TPSA) is 66.8 Å². The van der Waals surface area contributed by atoms with Crippen molar-refractivity contribution in [2.24, 2.45) is 0 Å². The van der Waals surface area contributed by atoms with Crippen LogP contribution in [0.3, 0.4) is 0 Å². The van der Waals surface area contributed by atoms with Gasteiger partial charge in [0.15, 0.2) is 6.10 Å². The van der Waals surface area contributed by atoms with Gasteiger partial charge in [0.25, 0.3) is 5.91 Å². The van der Waals surface area contributed by atoms with Gasteiger partial charge in [-0.2, -0.15) is 0 Å². The largest absolute Gasteiger partial charge is 0.479 e. The van der Waals surface area contributed by atoms with Gasteiger partial charge in [-0.1, -0.05) is 29.3 Å². The van der Waals surface area contributed by atoms with Gasteiger partial charge in [0, 0.05) is 0 Å². The second-order valence-corrected chi connectivity index (χ2v) is 6.23. The molecule has 7 heteroatoms. The van der Waals surface area contributed by atoms with Crippen molar-refractivity contribution in [3.05, 3.63) is 57.6 Å². The summed E-state index contributed by atoms with van der Waals surface area (Å²) in [5.74, 6) is -0.860. The first-order valence-corrected chi connectivity index (χ1v) is 7.91. The Hall–Kier alpha value is -2.24. The molecule has 0 spiro atoms. The van der Waals surface area contributed by atoms with Gasteiger partial charge < -0.3 is 14.7 Å². The minimum Gasteiger partial charge on any atom is -0.479 e. The molecule has 0 radical (unpaired) electrons. The van der Waals surface area contributed by atoms with Crippen molar-refractivity contribution in [2.75, 3.05) is 4.90 Å². The van der Waals surface area contributed by atoms with Crippen molar-refractivity contribution < 1.29 is 19.4 Å². The van der Waals surface area contributed by atoms with Crippen LogP contribution in [0.5, 0.6) is 5.75 Å². The van der Waals surface area contributed by atoms with E-state index in [2.05, 4.69) is 0 Å². The second-order valence-electron chi connectivity index (χ2n) is 5.42. The molecule has 1 amide bonds. The van der Waals surface area contributed by atoms with E-state index in [1.165, 1.54) is 17.0 Å². The molecule has 0 aromatic heterocycles. The van der Waals surface area contributed by atoms with E-state index in [4.69, 9.17) is 27.9 Å². The first-order valence-electron chi connectivity index (χ1n) is 7.16. The van der Waals surface area contributed by atoms with E-state index in [-0.39, 0.29) is 18.0 Å². The molecule has 24 heavy (non-hydrogen) atoms. The Morgan fingerprint density at radius 1 is 1.21 bits per heavy atom. The summed E-state index contributed by atoms with van der Waals surface area (Å²) in [5, 5.41) is 9.99. The van der Waals surface area contributed by atoms with E-state index in [9.17, 15) is 14.7 Å². The minimum absolute atomic E-state index is 0.0823. The van der Waals surface area contributed by atoms with Gasteiger partial charge in [-0.3, -0.25) is 4.79 Å². The molecule has 0 aliphatic carbocycles. The van der Waals surface area contributed by atoms with Crippen molar-refractivity contribution in [3.63, 3.8) is 0 Å². The zero-order valence-corrected chi connectivity index (χ0v) is 14.1. The van der Waals surface area contributed by atoms with Crippen molar-refractivity contribution in [1.82, 2.24) is 0 Å². The maximum Gasteiger partial charge on any atom is 0.335 e. The van der Waals surface area contributed by atoms with Gasteiger partial charge in [0.2, 0.25) is 0 Å². The van der Waals surface area contributed by atoms with E-state index < -0.39 is 12.1 Å². The number of rotatable bonds is 3. The average Bonchev–Trinajstić information content (AvgIpc) is 2.54. The van der Waals surface area contributed by atoms with Gasteiger partial charge in [-0.05, 0) is 42.8 Å². The Morgan fingerprint density at radius 3 is 2.62 bits per heavy atom. The third-order valence-electron chi connectivity index (χ3n) is 3.74. The third kappa shape index (κ3) is 3.05. The van der Waals surface area contributed by atoms with Gasteiger partial charge in [0.1, 0.15) is 5.75 Å². The Balaban J connectivity index is 2.02. The molecule has 5 nitrogen and oxygen atoms in total. The van der Waals surface area contributed by atoms with Crippen LogP contribution in [0, 0.1) is 0 Å². The summed E-state index contributed by atoms with van der Waals surface area (Å²) in [6, 6.07) is 9.53. The summed E-state index contributed by atoms with van der Waals surface area (Å²) in [5.41, 5.74) is 1.28. The van der Waals surface area contributed by atoms with Crippen LogP contribution in [0.1, 0.15) is 22.8 Å². The Kier molecular flexibility index (Phi) is 4.39. The van der Waals surface area contributed by atoms with E-state index in [1.807, 2.05) is 0 Å². The second kappa shape index (κ2) is 6.34. The van der Waals surface area contributed by atoms with Gasteiger partial charge in [-0.25, -0.2) is 4.79 Å². The molecule has 0 saturated carbocycles. The van der Waals surface area contributed by atoms with Crippen LogP contribution in [-0.2, 0) is 11.3 Å². The molecule has 2 aromatic carbocycles. The van der Waals surface area contributed by atoms with Crippen molar-refractivity contribution in [3.8, 4) is 5.75 Å². The fourth-order valence-corrected chi connectivity index (χ4v) is 2.84. The molecule has 1 atom stereocenters. The fraction of sp³-hybridized carbons (Fsp3) is 0.176. The molecule has 2 aromatic rings. The monoisotopic (exact) mass is 365 g/mol. The van der Waals surface area contributed by atoms with Crippen LogP contribution < -0.4 is 9.64 Å². The molecule has 124 valence electrons. The summed E-state index contributed by atoms with van der Waals surface area (Å²) < 4.78 is 5.56. The molecule has 1 unspecified atom stereocenters. The number of hydrogen-bond donors (Lipinski definition) is 1. The number of fused-ring (bicyclic) bond motifs is 1. The molecule has 1 aliphatic rings. The summed E-state index contributed by atoms with van der Waals surface area (Å²) in [7, 11) is 0. The molecule has 0 saturated heterocycles. The molecule has 1 aliphatic heterocycles. The Bertz CT molecular complexity index is 837. The normalized spacial score (nSPS) is 16.5. The standard InChI is InChI=1S/C17H13Cl2NO4/c1-9-16(21)20(8-10-2-4-12(18)13(19)6-10)14-7-11(17(22)23)3-5-15(14)24-9/h2-7,9H,8H2,1H3,(H,22,23). The number of nitrogens with zero attached hydrogens (tertiary/aromatic N) is 1. The Morgan fingerprint density at radius 2 is 1.96 bits per heavy atom. The molecule has 3 rings (SSSR count). The zero-order valence-electron chi connectivity index (χ0n) is 12.6. The number of anilines is 1. The molecule has 1 N–H and O–H groups in total. The summed E-state index contributed by atoms with van der Waals surface area (Å²) in [6.45, 7) is 1.89. The van der Waals surface area contributed by atoms with Gasteiger partial charge >= 0.3 is 5.97 Å². The van der Waals surface area contributed by atoms with Crippen LogP contribution >= 0.6 is 23.2 Å². The lowest BCUT2D eigenvalue weighted by molar-refractivity contribution is -0.125. The predicted octanol–water partition coefficient (Wildman–Crippen LogP) is 4.01. The number of carbonyl (C=O) groups excluding carboxylic acids is 1. The SMILES string of the molecule is CC1Oc2ccc(C(=O)O)cc2N(Cc2ccc(Cl)c(Cl)c2)C1=O. The van der Waals surface area contributed by atoms with Crippen molar-refractivity contribution in [2.45, 2.75) is 19.6 Å².